The van der Waals surface area contributed by atoms with E-state index in [4.69, 9.17) is 4.74 Å². The highest BCUT2D eigenvalue weighted by molar-refractivity contribution is 5.79. The minimum Gasteiger partial charge on any atom is -0.490 e. The van der Waals surface area contributed by atoms with E-state index in [2.05, 4.69) is 37.6 Å². The predicted molar refractivity (Wildman–Crippen MR) is 101 cm³/mol. The molecule has 0 spiro atoms. The maximum Gasteiger partial charge on any atom is 0.155 e. The van der Waals surface area contributed by atoms with Crippen LogP contribution in [0.25, 0.3) is 0 Å². The lowest BCUT2D eigenvalue weighted by molar-refractivity contribution is 0.112. The van der Waals surface area contributed by atoms with Crippen molar-refractivity contribution in [3.63, 3.8) is 0 Å². The SMILES string of the molecule is CCCC(C)(C)COc1ccc(C)nc1C#Cc1cc(F)ccc1C=O. The zero-order chi connectivity index (χ0) is 19.2. The highest BCUT2D eigenvalue weighted by Gasteiger charge is 2.18. The van der Waals surface area contributed by atoms with Gasteiger partial charge in [-0.05, 0) is 55.0 Å². The molecule has 0 saturated heterocycles. The standard InChI is InChI=1S/C22H24FNO2/c1-5-12-22(3,4)15-26-21-11-6-16(2)24-20(21)10-8-17-13-19(23)9-7-18(17)14-25/h6-7,9,11,13-14H,5,12,15H2,1-4H3. The first-order valence-electron chi connectivity index (χ1n) is 8.72. The molecule has 3 nitrogen and oxygen atoms in total. The van der Waals surface area contributed by atoms with Gasteiger partial charge in [0.15, 0.2) is 17.7 Å². The molecule has 0 bridgehead atoms. The molecule has 0 aliphatic rings. The normalized spacial score (nSPS) is 10.8. The summed E-state index contributed by atoms with van der Waals surface area (Å²) in [7, 11) is 0. The molecule has 0 unspecified atom stereocenters. The second kappa shape index (κ2) is 8.62. The third-order valence-corrected chi connectivity index (χ3v) is 4.00. The van der Waals surface area contributed by atoms with Crippen molar-refractivity contribution in [3.05, 3.63) is 58.7 Å². The molecule has 0 N–H and O–H groups in total. The van der Waals surface area contributed by atoms with E-state index in [1.807, 2.05) is 19.1 Å². The molecule has 2 aromatic rings. The van der Waals surface area contributed by atoms with Gasteiger partial charge in [0.2, 0.25) is 0 Å². The van der Waals surface area contributed by atoms with Crippen LogP contribution < -0.4 is 4.74 Å². The summed E-state index contributed by atoms with van der Waals surface area (Å²) in [6, 6.07) is 7.62. The molecule has 0 radical (unpaired) electrons. The smallest absolute Gasteiger partial charge is 0.155 e. The minimum atomic E-state index is -0.435. The van der Waals surface area contributed by atoms with Crippen molar-refractivity contribution in [2.45, 2.75) is 40.5 Å². The van der Waals surface area contributed by atoms with E-state index in [1.165, 1.54) is 18.2 Å². The lowest BCUT2D eigenvalue weighted by Gasteiger charge is -2.24. The fraction of sp³-hybridized carbons (Fsp3) is 0.364. The number of pyridine rings is 1. The average molecular weight is 353 g/mol. The van der Waals surface area contributed by atoms with Crippen molar-refractivity contribution < 1.29 is 13.9 Å². The van der Waals surface area contributed by atoms with Crippen molar-refractivity contribution in [2.75, 3.05) is 6.61 Å². The Morgan fingerprint density at radius 3 is 2.69 bits per heavy atom. The van der Waals surface area contributed by atoms with Gasteiger partial charge in [-0.2, -0.15) is 0 Å². The number of benzene rings is 1. The molecule has 2 rings (SSSR count). The molecule has 1 aromatic heterocycles. The highest BCUT2D eigenvalue weighted by atomic mass is 19.1. The van der Waals surface area contributed by atoms with E-state index in [0.29, 0.717) is 35.5 Å². The number of halogens is 1. The van der Waals surface area contributed by atoms with E-state index in [1.54, 1.807) is 0 Å². The molecule has 4 heteroatoms. The monoisotopic (exact) mass is 353 g/mol. The molecule has 26 heavy (non-hydrogen) atoms. The second-order valence-electron chi connectivity index (χ2n) is 7.10. The van der Waals surface area contributed by atoms with Crippen LogP contribution in [0.15, 0.2) is 30.3 Å². The molecule has 136 valence electrons. The quantitative estimate of drug-likeness (QED) is 0.545. The largest absolute Gasteiger partial charge is 0.490 e. The number of aldehydes is 1. The fourth-order valence-corrected chi connectivity index (χ4v) is 2.64. The Kier molecular flexibility index (Phi) is 6.52. The van der Waals surface area contributed by atoms with E-state index in [9.17, 15) is 9.18 Å². The van der Waals surface area contributed by atoms with Crippen LogP contribution in [0.1, 0.15) is 60.9 Å². The molecular formula is C22H24FNO2. The zero-order valence-electron chi connectivity index (χ0n) is 15.7. The van der Waals surface area contributed by atoms with Gasteiger partial charge in [0, 0.05) is 16.8 Å². The third-order valence-electron chi connectivity index (χ3n) is 4.00. The maximum absolute atomic E-state index is 13.5. The third kappa shape index (κ3) is 5.42. The van der Waals surface area contributed by atoms with Gasteiger partial charge in [-0.1, -0.05) is 33.1 Å². The van der Waals surface area contributed by atoms with Gasteiger partial charge in [0.25, 0.3) is 0 Å². The van der Waals surface area contributed by atoms with E-state index in [0.717, 1.165) is 18.5 Å². The number of aryl methyl sites for hydroxylation is 1. The van der Waals surface area contributed by atoms with E-state index >= 15 is 0 Å². The highest BCUT2D eigenvalue weighted by Crippen LogP contribution is 2.25. The Hall–Kier alpha value is -2.67. The van der Waals surface area contributed by atoms with Crippen molar-refractivity contribution in [2.24, 2.45) is 5.41 Å². The Morgan fingerprint density at radius 2 is 2.00 bits per heavy atom. The van der Waals surface area contributed by atoms with Gasteiger partial charge in [0.1, 0.15) is 5.82 Å². The zero-order valence-corrected chi connectivity index (χ0v) is 15.7. The fourth-order valence-electron chi connectivity index (χ4n) is 2.64. The summed E-state index contributed by atoms with van der Waals surface area (Å²) in [4.78, 5) is 15.5. The predicted octanol–water partition coefficient (Wildman–Crippen LogP) is 4.95. The van der Waals surface area contributed by atoms with Crippen molar-refractivity contribution in [3.8, 4) is 17.6 Å². The molecule has 0 atom stereocenters. The van der Waals surface area contributed by atoms with Crippen LogP contribution in [-0.2, 0) is 0 Å². The summed E-state index contributed by atoms with van der Waals surface area (Å²) >= 11 is 0. The first-order valence-corrected chi connectivity index (χ1v) is 8.72. The number of rotatable bonds is 6. The van der Waals surface area contributed by atoms with Gasteiger partial charge in [-0.15, -0.1) is 0 Å². The molecule has 0 amide bonds. The second-order valence-corrected chi connectivity index (χ2v) is 7.10. The van der Waals surface area contributed by atoms with Crippen molar-refractivity contribution >= 4 is 6.29 Å². The summed E-state index contributed by atoms with van der Waals surface area (Å²) in [6.07, 6.45) is 2.81. The van der Waals surface area contributed by atoms with Gasteiger partial charge >= 0.3 is 0 Å². The number of carbonyl (C=O) groups is 1. The Balaban J connectivity index is 2.32. The number of aromatic nitrogens is 1. The first-order chi connectivity index (χ1) is 12.3. The summed E-state index contributed by atoms with van der Waals surface area (Å²) in [5.41, 5.74) is 2.03. The molecule has 0 fully saturated rings. The number of carbonyl (C=O) groups excluding carboxylic acids is 1. The lowest BCUT2D eigenvalue weighted by Crippen LogP contribution is -2.21. The van der Waals surface area contributed by atoms with E-state index in [-0.39, 0.29) is 5.41 Å². The minimum absolute atomic E-state index is 0.0532. The van der Waals surface area contributed by atoms with Crippen molar-refractivity contribution in [1.82, 2.24) is 4.98 Å². The van der Waals surface area contributed by atoms with Crippen LogP contribution in [-0.4, -0.2) is 17.9 Å². The summed E-state index contributed by atoms with van der Waals surface area (Å²) in [5.74, 6) is 5.93. The van der Waals surface area contributed by atoms with Gasteiger partial charge in [-0.25, -0.2) is 9.37 Å². The molecule has 0 saturated carbocycles. The molecule has 0 aliphatic carbocycles. The Bertz CT molecular complexity index is 847. The average Bonchev–Trinajstić information content (AvgIpc) is 2.59. The maximum atomic E-state index is 13.5. The van der Waals surface area contributed by atoms with Crippen LogP contribution in [0.5, 0.6) is 5.75 Å². The summed E-state index contributed by atoms with van der Waals surface area (Å²) < 4.78 is 19.4. The van der Waals surface area contributed by atoms with Gasteiger partial charge < -0.3 is 4.74 Å². The number of nitrogens with zero attached hydrogens (tertiary/aromatic N) is 1. The van der Waals surface area contributed by atoms with Gasteiger partial charge in [0.05, 0.1) is 6.61 Å². The summed E-state index contributed by atoms with van der Waals surface area (Å²) in [5, 5.41) is 0. The van der Waals surface area contributed by atoms with Gasteiger partial charge in [-0.3, -0.25) is 4.79 Å². The molecule has 1 aromatic carbocycles. The number of hydrogen-bond acceptors (Lipinski definition) is 3. The first kappa shape index (κ1) is 19.7. The van der Waals surface area contributed by atoms with Crippen LogP contribution >= 0.6 is 0 Å². The number of ether oxygens (including phenoxy) is 1. The Labute approximate surface area is 154 Å². The lowest BCUT2D eigenvalue weighted by atomic mass is 9.89. The topological polar surface area (TPSA) is 39.2 Å². The number of hydrogen-bond donors (Lipinski definition) is 0. The molecule has 0 aliphatic heterocycles. The van der Waals surface area contributed by atoms with Crippen LogP contribution in [0.2, 0.25) is 0 Å². The van der Waals surface area contributed by atoms with Crippen LogP contribution in [0, 0.1) is 30.0 Å². The molecule has 1 heterocycles. The van der Waals surface area contributed by atoms with Crippen molar-refractivity contribution in [1.29, 1.82) is 0 Å². The Morgan fingerprint density at radius 1 is 1.23 bits per heavy atom. The van der Waals surface area contributed by atoms with E-state index < -0.39 is 5.82 Å². The van der Waals surface area contributed by atoms with Crippen LogP contribution in [0.4, 0.5) is 4.39 Å². The molecular weight excluding hydrogens is 329 g/mol. The van der Waals surface area contributed by atoms with Crippen LogP contribution in [0.3, 0.4) is 0 Å². The summed E-state index contributed by atoms with van der Waals surface area (Å²) in [6.45, 7) is 8.89.